The Kier molecular flexibility index (Phi) is 2.21. The van der Waals surface area contributed by atoms with Crippen LogP contribution in [0.5, 0.6) is 0 Å². The molecular formula is C17H12N2. The number of hydrogen-bond donors (Lipinski definition) is 0. The highest BCUT2D eigenvalue weighted by Gasteiger charge is 2.19. The van der Waals surface area contributed by atoms with Gasteiger partial charge in [0.05, 0.1) is 0 Å². The zero-order chi connectivity index (χ0) is 12.7. The maximum Gasteiger partial charge on any atom is 0.115 e. The Bertz CT molecular complexity index is 770. The third kappa shape index (κ3) is 1.57. The van der Waals surface area contributed by atoms with Crippen LogP contribution in [-0.4, -0.2) is 9.97 Å². The monoisotopic (exact) mass is 244 g/mol. The fourth-order valence-electron chi connectivity index (χ4n) is 2.86. The highest BCUT2D eigenvalue weighted by molar-refractivity contribution is 5.96. The van der Waals surface area contributed by atoms with Crippen molar-refractivity contribution in [1.82, 2.24) is 9.97 Å². The summed E-state index contributed by atoms with van der Waals surface area (Å²) in [5, 5.41) is 2.64. The van der Waals surface area contributed by atoms with Gasteiger partial charge >= 0.3 is 0 Å². The molecule has 1 aliphatic rings. The molecule has 3 aromatic rings. The van der Waals surface area contributed by atoms with Crippen molar-refractivity contribution in [1.29, 1.82) is 0 Å². The SMILES string of the molecule is C1=CC(c2cncnc2)c2cccc3cccc1c23. The zero-order valence-electron chi connectivity index (χ0n) is 10.3. The van der Waals surface area contributed by atoms with E-state index in [0.717, 1.165) is 5.56 Å². The molecule has 19 heavy (non-hydrogen) atoms. The number of allylic oxidation sites excluding steroid dienone is 1. The fraction of sp³-hybridized carbons (Fsp3) is 0.0588. The van der Waals surface area contributed by atoms with Crippen molar-refractivity contribution in [3.05, 3.63) is 77.9 Å². The molecule has 0 amide bonds. The molecule has 2 nitrogen and oxygen atoms in total. The molecule has 1 aliphatic carbocycles. The molecule has 1 heterocycles. The average molecular weight is 244 g/mol. The predicted octanol–water partition coefficient (Wildman–Crippen LogP) is 3.79. The lowest BCUT2D eigenvalue weighted by molar-refractivity contribution is 0.984. The molecule has 0 N–H and O–H groups in total. The van der Waals surface area contributed by atoms with Gasteiger partial charge in [-0.3, -0.25) is 0 Å². The van der Waals surface area contributed by atoms with Crippen LogP contribution in [0.4, 0.5) is 0 Å². The highest BCUT2D eigenvalue weighted by Crippen LogP contribution is 2.37. The quantitative estimate of drug-likeness (QED) is 0.651. The van der Waals surface area contributed by atoms with Crippen molar-refractivity contribution in [2.45, 2.75) is 5.92 Å². The summed E-state index contributed by atoms with van der Waals surface area (Å²) in [6.45, 7) is 0. The average Bonchev–Trinajstić information content (AvgIpc) is 2.49. The summed E-state index contributed by atoms with van der Waals surface area (Å²) in [5.41, 5.74) is 3.77. The van der Waals surface area contributed by atoms with Gasteiger partial charge in [0, 0.05) is 23.9 Å². The Labute approximate surface area is 111 Å². The summed E-state index contributed by atoms with van der Waals surface area (Å²) in [7, 11) is 0. The van der Waals surface area contributed by atoms with Crippen molar-refractivity contribution in [3.63, 3.8) is 0 Å². The van der Waals surface area contributed by atoms with Gasteiger partial charge in [0.2, 0.25) is 0 Å². The number of nitrogens with zero attached hydrogens (tertiary/aromatic N) is 2. The third-order valence-electron chi connectivity index (χ3n) is 3.71. The number of aromatic nitrogens is 2. The van der Waals surface area contributed by atoms with Crippen LogP contribution in [-0.2, 0) is 0 Å². The van der Waals surface area contributed by atoms with E-state index in [1.807, 2.05) is 12.4 Å². The van der Waals surface area contributed by atoms with Crippen molar-refractivity contribution in [3.8, 4) is 0 Å². The summed E-state index contributed by atoms with van der Waals surface area (Å²) in [6.07, 6.45) is 9.80. The molecule has 0 radical (unpaired) electrons. The zero-order valence-corrected chi connectivity index (χ0v) is 10.3. The fourth-order valence-corrected chi connectivity index (χ4v) is 2.86. The van der Waals surface area contributed by atoms with E-state index in [4.69, 9.17) is 0 Å². The molecule has 2 heteroatoms. The highest BCUT2D eigenvalue weighted by atomic mass is 14.8. The van der Waals surface area contributed by atoms with Gasteiger partial charge in [0.25, 0.3) is 0 Å². The molecular weight excluding hydrogens is 232 g/mol. The van der Waals surface area contributed by atoms with Gasteiger partial charge in [-0.25, -0.2) is 9.97 Å². The normalized spacial score (nSPS) is 16.7. The molecule has 1 atom stereocenters. The first kappa shape index (κ1) is 10.4. The van der Waals surface area contributed by atoms with Crippen LogP contribution >= 0.6 is 0 Å². The van der Waals surface area contributed by atoms with Gasteiger partial charge in [-0.1, -0.05) is 48.6 Å². The summed E-state index contributed by atoms with van der Waals surface area (Å²) in [5.74, 6) is 0.250. The minimum Gasteiger partial charge on any atom is -0.245 e. The second-order valence-electron chi connectivity index (χ2n) is 4.80. The van der Waals surface area contributed by atoms with E-state index in [1.54, 1.807) is 6.33 Å². The van der Waals surface area contributed by atoms with Crippen LogP contribution in [0.3, 0.4) is 0 Å². The van der Waals surface area contributed by atoms with E-state index >= 15 is 0 Å². The van der Waals surface area contributed by atoms with E-state index in [9.17, 15) is 0 Å². The second-order valence-corrected chi connectivity index (χ2v) is 4.80. The summed E-state index contributed by atoms with van der Waals surface area (Å²) in [4.78, 5) is 8.27. The van der Waals surface area contributed by atoms with Crippen molar-refractivity contribution in [2.75, 3.05) is 0 Å². The molecule has 0 fully saturated rings. The molecule has 1 unspecified atom stereocenters. The van der Waals surface area contributed by atoms with E-state index < -0.39 is 0 Å². The number of benzene rings is 2. The van der Waals surface area contributed by atoms with Gasteiger partial charge in [-0.15, -0.1) is 0 Å². The van der Waals surface area contributed by atoms with Gasteiger partial charge in [-0.05, 0) is 21.9 Å². The second kappa shape index (κ2) is 4.02. The first-order chi connectivity index (χ1) is 9.43. The number of hydrogen-bond acceptors (Lipinski definition) is 2. The molecule has 0 saturated carbocycles. The Morgan fingerprint density at radius 1 is 0.895 bits per heavy atom. The van der Waals surface area contributed by atoms with Crippen molar-refractivity contribution >= 4 is 16.8 Å². The third-order valence-corrected chi connectivity index (χ3v) is 3.71. The van der Waals surface area contributed by atoms with Crippen LogP contribution in [0.15, 0.2) is 61.2 Å². The molecule has 90 valence electrons. The smallest absolute Gasteiger partial charge is 0.115 e. The Hall–Kier alpha value is -2.48. The van der Waals surface area contributed by atoms with Gasteiger partial charge in [-0.2, -0.15) is 0 Å². The van der Waals surface area contributed by atoms with E-state index in [-0.39, 0.29) is 5.92 Å². The molecule has 4 rings (SSSR count). The molecule has 0 spiro atoms. The van der Waals surface area contributed by atoms with E-state index in [1.165, 1.54) is 21.9 Å². The maximum atomic E-state index is 4.13. The summed E-state index contributed by atoms with van der Waals surface area (Å²) >= 11 is 0. The largest absolute Gasteiger partial charge is 0.245 e. The minimum absolute atomic E-state index is 0.250. The van der Waals surface area contributed by atoms with Crippen molar-refractivity contribution in [2.24, 2.45) is 0 Å². The Morgan fingerprint density at radius 2 is 1.68 bits per heavy atom. The standard InChI is InChI=1S/C17H12N2/c1-3-12-5-2-6-16-15(14-9-18-11-19-10-14)8-7-13(4-1)17(12)16/h1-11,15H. The van der Waals surface area contributed by atoms with Gasteiger partial charge in [0.15, 0.2) is 0 Å². The van der Waals surface area contributed by atoms with Crippen LogP contribution in [0.25, 0.3) is 16.8 Å². The minimum atomic E-state index is 0.250. The summed E-state index contributed by atoms with van der Waals surface area (Å²) < 4.78 is 0. The first-order valence-electron chi connectivity index (χ1n) is 6.38. The Balaban J connectivity index is 2.01. The van der Waals surface area contributed by atoms with Crippen LogP contribution < -0.4 is 0 Å². The predicted molar refractivity (Wildman–Crippen MR) is 76.9 cm³/mol. The van der Waals surface area contributed by atoms with E-state index in [0.29, 0.717) is 0 Å². The lowest BCUT2D eigenvalue weighted by Crippen LogP contribution is -2.04. The molecule has 0 bridgehead atoms. The molecule has 2 aromatic carbocycles. The molecule has 0 aliphatic heterocycles. The summed E-state index contributed by atoms with van der Waals surface area (Å²) in [6, 6.07) is 12.9. The topological polar surface area (TPSA) is 25.8 Å². The van der Waals surface area contributed by atoms with Crippen LogP contribution in [0, 0.1) is 0 Å². The van der Waals surface area contributed by atoms with Gasteiger partial charge < -0.3 is 0 Å². The molecule has 1 aromatic heterocycles. The van der Waals surface area contributed by atoms with E-state index in [2.05, 4.69) is 58.5 Å². The van der Waals surface area contributed by atoms with Crippen LogP contribution in [0.2, 0.25) is 0 Å². The van der Waals surface area contributed by atoms with Crippen LogP contribution in [0.1, 0.15) is 22.6 Å². The number of rotatable bonds is 1. The molecule has 0 saturated heterocycles. The Morgan fingerprint density at radius 3 is 2.53 bits per heavy atom. The van der Waals surface area contributed by atoms with Crippen molar-refractivity contribution < 1.29 is 0 Å². The first-order valence-corrected chi connectivity index (χ1v) is 6.38. The van der Waals surface area contributed by atoms with Gasteiger partial charge in [0.1, 0.15) is 6.33 Å². The maximum absolute atomic E-state index is 4.13. The lowest BCUT2D eigenvalue weighted by Gasteiger charge is -2.21. The lowest BCUT2D eigenvalue weighted by atomic mass is 9.83.